The fraction of sp³-hybridized carbons (Fsp3) is 0.269. The van der Waals surface area contributed by atoms with Gasteiger partial charge in [-0.15, -0.1) is 24.0 Å². The second kappa shape index (κ2) is 14.0. The third kappa shape index (κ3) is 8.48. The first-order valence-corrected chi connectivity index (χ1v) is 12.2. The lowest BCUT2D eigenvalue weighted by Crippen LogP contribution is -2.28. The Labute approximate surface area is 235 Å². The largest absolute Gasteiger partial charge is 0.497 e. The quantitative estimate of drug-likeness (QED) is 0.139. The second-order valence-corrected chi connectivity index (χ2v) is 9.18. The van der Waals surface area contributed by atoms with E-state index in [0.29, 0.717) is 24.0 Å². The van der Waals surface area contributed by atoms with E-state index in [4.69, 9.17) is 21.1 Å². The van der Waals surface area contributed by atoms with Crippen LogP contribution in [0.1, 0.15) is 23.6 Å². The van der Waals surface area contributed by atoms with Crippen LogP contribution in [0.2, 0.25) is 5.02 Å². The van der Waals surface area contributed by atoms with E-state index in [9.17, 15) is 13.2 Å². The Balaban J connectivity index is 0.00000456. The first-order chi connectivity index (χ1) is 16.7. The highest BCUT2D eigenvalue weighted by atomic mass is 127. The van der Waals surface area contributed by atoms with Gasteiger partial charge in [0.2, 0.25) is 0 Å². The Hall–Kier alpha value is -2.11. The molecule has 0 amide bonds. The summed E-state index contributed by atoms with van der Waals surface area (Å²) in [7, 11) is 3.21. The second-order valence-electron chi connectivity index (χ2n) is 7.54. The van der Waals surface area contributed by atoms with Crippen LogP contribution in [0.3, 0.4) is 0 Å². The predicted octanol–water partition coefficient (Wildman–Crippen LogP) is 8.44. The summed E-state index contributed by atoms with van der Waals surface area (Å²) in [5.41, 5.74) is 1.28. The number of aliphatic imine (C=N–C) groups is 1. The lowest BCUT2D eigenvalue weighted by atomic mass is 10.1. The molecule has 0 aliphatic heterocycles. The maximum absolute atomic E-state index is 13.3. The Morgan fingerprint density at radius 3 is 1.81 bits per heavy atom. The van der Waals surface area contributed by atoms with Crippen molar-refractivity contribution in [2.24, 2.45) is 4.99 Å². The molecule has 0 aromatic heterocycles. The smallest absolute Gasteiger partial charge is 0.416 e. The van der Waals surface area contributed by atoms with E-state index in [1.807, 2.05) is 60.4 Å². The monoisotopic (exact) mass is 650 g/mol. The van der Waals surface area contributed by atoms with Gasteiger partial charge >= 0.3 is 6.18 Å². The molecule has 10 heteroatoms. The maximum Gasteiger partial charge on any atom is 0.416 e. The predicted molar refractivity (Wildman–Crippen MR) is 152 cm³/mol. The molecule has 0 N–H and O–H groups in total. The van der Waals surface area contributed by atoms with E-state index < -0.39 is 11.7 Å². The summed E-state index contributed by atoms with van der Waals surface area (Å²) < 4.78 is 50.4. The molecule has 3 rings (SSSR count). The van der Waals surface area contributed by atoms with E-state index in [1.165, 1.54) is 17.8 Å². The van der Waals surface area contributed by atoms with Crippen LogP contribution in [0.15, 0.2) is 71.7 Å². The standard InChI is InChI=1S/C26H26ClF3N2O2S.HI/c1-4-35-25(31-24-15-20(26(28,29)30)9-14-23(24)27)32(16-18-5-10-21(33-2)11-6-18)17-19-7-12-22(34-3)13-8-19;/h5-15H,4,16-17H2,1-3H3;1H. The number of thioether (sulfide) groups is 1. The summed E-state index contributed by atoms with van der Waals surface area (Å²) in [5.74, 6) is 2.16. The highest BCUT2D eigenvalue weighted by Crippen LogP contribution is 2.36. The van der Waals surface area contributed by atoms with Gasteiger partial charge in [-0.1, -0.05) is 54.6 Å². The van der Waals surface area contributed by atoms with Gasteiger partial charge in [-0.25, -0.2) is 4.99 Å². The summed E-state index contributed by atoms with van der Waals surface area (Å²) in [6.45, 7) is 2.93. The SMILES string of the molecule is CCSC(=Nc1cc(C(F)(F)F)ccc1Cl)N(Cc1ccc(OC)cc1)Cc1ccc(OC)cc1.I. The van der Waals surface area contributed by atoms with Gasteiger partial charge in [0.15, 0.2) is 5.17 Å². The van der Waals surface area contributed by atoms with Crippen molar-refractivity contribution in [2.75, 3.05) is 20.0 Å². The van der Waals surface area contributed by atoms with Crippen molar-refractivity contribution in [1.82, 2.24) is 4.90 Å². The lowest BCUT2D eigenvalue weighted by molar-refractivity contribution is -0.137. The van der Waals surface area contributed by atoms with Gasteiger partial charge in [0.05, 0.1) is 30.5 Å². The van der Waals surface area contributed by atoms with Crippen LogP contribution in [-0.4, -0.2) is 30.0 Å². The van der Waals surface area contributed by atoms with Crippen LogP contribution in [0.5, 0.6) is 11.5 Å². The average molecular weight is 651 g/mol. The van der Waals surface area contributed by atoms with Gasteiger partial charge in [-0.05, 0) is 59.3 Å². The van der Waals surface area contributed by atoms with Gasteiger partial charge in [0, 0.05) is 13.1 Å². The summed E-state index contributed by atoms with van der Waals surface area (Å²) in [6, 6.07) is 18.4. The highest BCUT2D eigenvalue weighted by Gasteiger charge is 2.31. The Morgan fingerprint density at radius 1 is 0.889 bits per heavy atom. The van der Waals surface area contributed by atoms with Crippen molar-refractivity contribution >= 4 is 58.2 Å². The molecule has 0 aliphatic carbocycles. The first kappa shape index (κ1) is 30.1. The van der Waals surface area contributed by atoms with E-state index in [0.717, 1.165) is 34.8 Å². The number of ether oxygens (including phenoxy) is 2. The number of methoxy groups -OCH3 is 2. The van der Waals surface area contributed by atoms with Crippen LogP contribution in [-0.2, 0) is 19.3 Å². The van der Waals surface area contributed by atoms with Crippen LogP contribution < -0.4 is 9.47 Å². The van der Waals surface area contributed by atoms with Gasteiger partial charge in [0.25, 0.3) is 0 Å². The van der Waals surface area contributed by atoms with Crippen molar-refractivity contribution in [2.45, 2.75) is 26.2 Å². The molecule has 0 saturated heterocycles. The molecule has 0 atom stereocenters. The first-order valence-electron chi connectivity index (χ1n) is 10.8. The molecular formula is C26H27ClF3IN2O2S. The fourth-order valence-corrected chi connectivity index (χ4v) is 4.19. The molecule has 0 fully saturated rings. The van der Waals surface area contributed by atoms with Crippen molar-refractivity contribution in [3.05, 3.63) is 88.4 Å². The number of nitrogens with zero attached hydrogens (tertiary/aromatic N) is 2. The van der Waals surface area contributed by atoms with Crippen LogP contribution >= 0.6 is 47.3 Å². The minimum Gasteiger partial charge on any atom is -0.497 e. The third-order valence-electron chi connectivity index (χ3n) is 5.10. The summed E-state index contributed by atoms with van der Waals surface area (Å²) >= 11 is 7.69. The van der Waals surface area contributed by atoms with Crippen LogP contribution in [0, 0.1) is 0 Å². The molecule has 0 unspecified atom stereocenters. The van der Waals surface area contributed by atoms with Gasteiger partial charge in [-0.3, -0.25) is 0 Å². The summed E-state index contributed by atoms with van der Waals surface area (Å²) in [4.78, 5) is 6.63. The van der Waals surface area contributed by atoms with E-state index in [2.05, 4.69) is 4.99 Å². The minimum absolute atomic E-state index is 0. The Morgan fingerprint density at radius 2 is 1.39 bits per heavy atom. The molecule has 194 valence electrons. The maximum atomic E-state index is 13.3. The molecule has 0 radical (unpaired) electrons. The zero-order chi connectivity index (χ0) is 25.4. The molecule has 0 aliphatic rings. The van der Waals surface area contributed by atoms with Crippen molar-refractivity contribution in [1.29, 1.82) is 0 Å². The van der Waals surface area contributed by atoms with Gasteiger partial charge < -0.3 is 14.4 Å². The summed E-state index contributed by atoms with van der Waals surface area (Å²) in [5, 5.41) is 0.724. The van der Waals surface area contributed by atoms with E-state index in [1.54, 1.807) is 14.2 Å². The number of hydrogen-bond acceptors (Lipinski definition) is 4. The van der Waals surface area contributed by atoms with Crippen molar-refractivity contribution in [3.8, 4) is 11.5 Å². The van der Waals surface area contributed by atoms with Crippen LogP contribution in [0.25, 0.3) is 0 Å². The van der Waals surface area contributed by atoms with Crippen molar-refractivity contribution in [3.63, 3.8) is 0 Å². The van der Waals surface area contributed by atoms with E-state index in [-0.39, 0.29) is 34.7 Å². The Kier molecular flexibility index (Phi) is 11.7. The normalized spacial score (nSPS) is 11.6. The molecule has 3 aromatic rings. The number of benzene rings is 3. The molecular weight excluding hydrogens is 624 g/mol. The zero-order valence-corrected chi connectivity index (χ0v) is 23.9. The lowest BCUT2D eigenvalue weighted by Gasteiger charge is -2.26. The number of rotatable bonds is 8. The molecule has 4 nitrogen and oxygen atoms in total. The molecule has 3 aromatic carbocycles. The number of halogens is 5. The highest BCUT2D eigenvalue weighted by molar-refractivity contribution is 14.0. The molecule has 0 saturated carbocycles. The average Bonchev–Trinajstić information content (AvgIpc) is 2.85. The molecule has 0 bridgehead atoms. The van der Waals surface area contributed by atoms with Gasteiger partial charge in [0.1, 0.15) is 11.5 Å². The zero-order valence-electron chi connectivity index (χ0n) is 20.0. The molecule has 36 heavy (non-hydrogen) atoms. The van der Waals surface area contributed by atoms with Crippen LogP contribution in [0.4, 0.5) is 18.9 Å². The Bertz CT molecular complexity index is 1090. The number of alkyl halides is 3. The van der Waals surface area contributed by atoms with Gasteiger partial charge in [-0.2, -0.15) is 13.2 Å². The van der Waals surface area contributed by atoms with Crippen molar-refractivity contribution < 1.29 is 22.6 Å². The summed E-state index contributed by atoms with van der Waals surface area (Å²) in [6.07, 6.45) is -4.49. The fourth-order valence-electron chi connectivity index (χ4n) is 3.29. The minimum atomic E-state index is -4.49. The van der Waals surface area contributed by atoms with E-state index >= 15 is 0 Å². The number of hydrogen-bond donors (Lipinski definition) is 0. The molecule has 0 spiro atoms. The third-order valence-corrected chi connectivity index (χ3v) is 6.31. The number of amidine groups is 1. The molecule has 0 heterocycles. The topological polar surface area (TPSA) is 34.1 Å².